The number of amides is 1. The highest BCUT2D eigenvalue weighted by Crippen LogP contribution is 2.14. The van der Waals surface area contributed by atoms with E-state index < -0.39 is 0 Å². The first-order valence-electron chi connectivity index (χ1n) is 10.0. The van der Waals surface area contributed by atoms with E-state index in [9.17, 15) is 4.79 Å². The van der Waals surface area contributed by atoms with Crippen molar-refractivity contribution in [2.24, 2.45) is 0 Å². The molecule has 150 valence electrons. The molecule has 1 fully saturated rings. The molecule has 3 rings (SSSR count). The van der Waals surface area contributed by atoms with Crippen molar-refractivity contribution >= 4 is 5.91 Å². The van der Waals surface area contributed by atoms with Crippen LogP contribution in [0.1, 0.15) is 29.5 Å². The third-order valence-electron chi connectivity index (χ3n) is 4.93. The van der Waals surface area contributed by atoms with E-state index in [1.165, 1.54) is 16.7 Å². The van der Waals surface area contributed by atoms with Gasteiger partial charge in [-0.25, -0.2) is 0 Å². The van der Waals surface area contributed by atoms with E-state index in [2.05, 4.69) is 28.4 Å². The van der Waals surface area contributed by atoms with Gasteiger partial charge in [0.2, 0.25) is 5.91 Å². The van der Waals surface area contributed by atoms with Crippen molar-refractivity contribution in [3.05, 3.63) is 65.2 Å². The number of aryl methyl sites for hydroxylation is 1. The van der Waals surface area contributed by atoms with Crippen LogP contribution in [0.5, 0.6) is 5.75 Å². The van der Waals surface area contributed by atoms with E-state index in [1.807, 2.05) is 37.3 Å². The molecule has 1 heterocycles. The Labute approximate surface area is 167 Å². The van der Waals surface area contributed by atoms with Gasteiger partial charge in [0, 0.05) is 32.6 Å². The summed E-state index contributed by atoms with van der Waals surface area (Å²) in [6, 6.07) is 16.3. The summed E-state index contributed by atoms with van der Waals surface area (Å²) in [7, 11) is 0. The summed E-state index contributed by atoms with van der Waals surface area (Å²) in [5.74, 6) is 0.914. The Bertz CT molecular complexity index is 740. The molecule has 5 heteroatoms. The van der Waals surface area contributed by atoms with E-state index in [4.69, 9.17) is 9.47 Å². The van der Waals surface area contributed by atoms with Crippen molar-refractivity contribution in [2.75, 3.05) is 32.9 Å². The molecule has 28 heavy (non-hydrogen) atoms. The first kappa shape index (κ1) is 20.4. The molecule has 0 bridgehead atoms. The van der Waals surface area contributed by atoms with Gasteiger partial charge in [-0.2, -0.15) is 0 Å². The Balaban J connectivity index is 1.38. The molecule has 0 aliphatic carbocycles. The van der Waals surface area contributed by atoms with Crippen LogP contribution in [0.3, 0.4) is 0 Å². The van der Waals surface area contributed by atoms with E-state index in [1.54, 1.807) is 0 Å². The smallest absolute Gasteiger partial charge is 0.220 e. The third-order valence-corrected chi connectivity index (χ3v) is 4.93. The van der Waals surface area contributed by atoms with Gasteiger partial charge in [0.1, 0.15) is 5.75 Å². The van der Waals surface area contributed by atoms with Crippen LogP contribution in [0.15, 0.2) is 48.5 Å². The average molecular weight is 383 g/mol. The summed E-state index contributed by atoms with van der Waals surface area (Å²) >= 11 is 0. The lowest BCUT2D eigenvalue weighted by Gasteiger charge is -2.27. The zero-order chi connectivity index (χ0) is 19.6. The van der Waals surface area contributed by atoms with Crippen molar-refractivity contribution in [3.8, 4) is 5.75 Å². The predicted octanol–water partition coefficient (Wildman–Crippen LogP) is 3.30. The first-order valence-corrected chi connectivity index (χ1v) is 10.0. The highest BCUT2D eigenvalue weighted by Gasteiger charge is 2.13. The molecule has 2 aromatic rings. The lowest BCUT2D eigenvalue weighted by molar-refractivity contribution is -0.121. The predicted molar refractivity (Wildman–Crippen MR) is 110 cm³/mol. The highest BCUT2D eigenvalue weighted by atomic mass is 16.5. The number of nitrogens with zero attached hydrogens (tertiary/aromatic N) is 1. The van der Waals surface area contributed by atoms with Gasteiger partial charge >= 0.3 is 0 Å². The number of hydrogen-bond donors (Lipinski definition) is 1. The molecule has 1 saturated heterocycles. The summed E-state index contributed by atoms with van der Waals surface area (Å²) in [5, 5.41) is 3.05. The second kappa shape index (κ2) is 10.8. The fourth-order valence-electron chi connectivity index (χ4n) is 3.22. The maximum Gasteiger partial charge on any atom is 0.220 e. The minimum absolute atomic E-state index is 0.0636. The maximum absolute atomic E-state index is 12.2. The molecule has 0 spiro atoms. The molecule has 1 aliphatic rings. The Morgan fingerprint density at radius 2 is 1.79 bits per heavy atom. The van der Waals surface area contributed by atoms with Crippen LogP contribution in [-0.2, 0) is 22.6 Å². The standard InChI is InChI=1S/C23H30N2O3/c1-19-8-10-22(11-9-19)28-14-4-7-23(26)24-17-20-5-2-3-6-21(20)18-25-12-15-27-16-13-25/h2-3,5-6,8-11H,4,7,12-18H2,1H3,(H,24,26). The number of nitrogens with one attached hydrogen (secondary N) is 1. The van der Waals surface area contributed by atoms with E-state index >= 15 is 0 Å². The quantitative estimate of drug-likeness (QED) is 0.676. The van der Waals surface area contributed by atoms with Crippen molar-refractivity contribution < 1.29 is 14.3 Å². The molecule has 0 saturated carbocycles. The van der Waals surface area contributed by atoms with Gasteiger partial charge in [-0.1, -0.05) is 42.0 Å². The summed E-state index contributed by atoms with van der Waals surface area (Å²) in [6.45, 7) is 7.58. The minimum Gasteiger partial charge on any atom is -0.494 e. The summed E-state index contributed by atoms with van der Waals surface area (Å²) in [5.41, 5.74) is 3.66. The highest BCUT2D eigenvalue weighted by molar-refractivity contribution is 5.75. The number of carbonyl (C=O) groups is 1. The molecule has 0 aromatic heterocycles. The third kappa shape index (κ3) is 6.66. The van der Waals surface area contributed by atoms with Gasteiger partial charge in [-0.15, -0.1) is 0 Å². The molecular formula is C23H30N2O3. The van der Waals surface area contributed by atoms with Gasteiger partial charge in [0.25, 0.3) is 0 Å². The Kier molecular flexibility index (Phi) is 7.88. The number of carbonyl (C=O) groups excluding carboxylic acids is 1. The number of ether oxygens (including phenoxy) is 2. The summed E-state index contributed by atoms with van der Waals surface area (Å²) in [4.78, 5) is 14.6. The Hall–Kier alpha value is -2.37. The molecule has 0 unspecified atom stereocenters. The molecule has 1 amide bonds. The van der Waals surface area contributed by atoms with Crippen LogP contribution in [0.25, 0.3) is 0 Å². The molecule has 1 N–H and O–H groups in total. The van der Waals surface area contributed by atoms with Gasteiger partial charge in [0.15, 0.2) is 0 Å². The lowest BCUT2D eigenvalue weighted by atomic mass is 10.1. The topological polar surface area (TPSA) is 50.8 Å². The van der Waals surface area contributed by atoms with Crippen LogP contribution in [0, 0.1) is 6.92 Å². The number of morpholine rings is 1. The second-order valence-corrected chi connectivity index (χ2v) is 7.20. The van der Waals surface area contributed by atoms with Gasteiger partial charge in [0.05, 0.1) is 19.8 Å². The van der Waals surface area contributed by atoms with Crippen molar-refractivity contribution in [1.82, 2.24) is 10.2 Å². The van der Waals surface area contributed by atoms with Crippen molar-refractivity contribution in [2.45, 2.75) is 32.9 Å². The number of rotatable bonds is 9. The largest absolute Gasteiger partial charge is 0.494 e. The fraction of sp³-hybridized carbons (Fsp3) is 0.435. The SMILES string of the molecule is Cc1ccc(OCCCC(=O)NCc2ccccc2CN2CCOCC2)cc1. The van der Waals surface area contributed by atoms with Gasteiger partial charge in [-0.05, 0) is 36.6 Å². The van der Waals surface area contributed by atoms with Crippen LogP contribution in [-0.4, -0.2) is 43.7 Å². The van der Waals surface area contributed by atoms with Crippen LogP contribution in [0.4, 0.5) is 0 Å². The van der Waals surface area contributed by atoms with Gasteiger partial charge in [-0.3, -0.25) is 9.69 Å². The van der Waals surface area contributed by atoms with E-state index in [0.29, 0.717) is 26.0 Å². The fourth-order valence-corrected chi connectivity index (χ4v) is 3.22. The lowest BCUT2D eigenvalue weighted by Crippen LogP contribution is -2.36. The van der Waals surface area contributed by atoms with Crippen LogP contribution in [0.2, 0.25) is 0 Å². The molecule has 1 aliphatic heterocycles. The minimum atomic E-state index is 0.0636. The molecule has 0 atom stereocenters. The van der Waals surface area contributed by atoms with Crippen LogP contribution < -0.4 is 10.1 Å². The molecule has 2 aromatic carbocycles. The van der Waals surface area contributed by atoms with Gasteiger partial charge < -0.3 is 14.8 Å². The average Bonchev–Trinajstić information content (AvgIpc) is 2.73. The Morgan fingerprint density at radius 1 is 1.07 bits per heavy atom. The summed E-state index contributed by atoms with van der Waals surface area (Å²) < 4.78 is 11.1. The normalized spacial score (nSPS) is 14.6. The zero-order valence-corrected chi connectivity index (χ0v) is 16.7. The van der Waals surface area contributed by atoms with Crippen molar-refractivity contribution in [1.29, 1.82) is 0 Å². The second-order valence-electron chi connectivity index (χ2n) is 7.20. The monoisotopic (exact) mass is 382 g/mol. The van der Waals surface area contributed by atoms with E-state index in [0.717, 1.165) is 38.6 Å². The van der Waals surface area contributed by atoms with Crippen molar-refractivity contribution in [3.63, 3.8) is 0 Å². The van der Waals surface area contributed by atoms with Crippen LogP contribution >= 0.6 is 0 Å². The number of benzene rings is 2. The molecule has 0 radical (unpaired) electrons. The Morgan fingerprint density at radius 3 is 2.54 bits per heavy atom. The van der Waals surface area contributed by atoms with E-state index in [-0.39, 0.29) is 5.91 Å². The number of hydrogen-bond acceptors (Lipinski definition) is 4. The first-order chi connectivity index (χ1) is 13.7. The summed E-state index contributed by atoms with van der Waals surface area (Å²) in [6.07, 6.45) is 1.17. The zero-order valence-electron chi connectivity index (χ0n) is 16.7. The maximum atomic E-state index is 12.2. The molecule has 5 nitrogen and oxygen atoms in total. The molecular weight excluding hydrogens is 352 g/mol.